The van der Waals surface area contributed by atoms with E-state index in [4.69, 9.17) is 15.2 Å². The molecule has 1 aromatic rings. The molecule has 0 spiro atoms. The summed E-state index contributed by atoms with van der Waals surface area (Å²) in [6.45, 7) is 5.84. The van der Waals surface area contributed by atoms with Crippen molar-refractivity contribution in [2.75, 3.05) is 52.6 Å². The molecule has 3 aliphatic rings. The Bertz CT molecular complexity index is 718. The molecule has 0 saturated carbocycles. The third-order valence-corrected chi connectivity index (χ3v) is 5.50. The maximum absolute atomic E-state index is 12.8. The first-order valence-electron chi connectivity index (χ1n) is 9.51. The second-order valence-electron chi connectivity index (χ2n) is 7.32. The number of fused-ring (bicyclic) bond motifs is 1. The van der Waals surface area contributed by atoms with Crippen molar-refractivity contribution in [1.29, 1.82) is 0 Å². The third-order valence-electron chi connectivity index (χ3n) is 5.50. The maximum Gasteiger partial charge on any atom is 0.231 e. The van der Waals surface area contributed by atoms with Gasteiger partial charge in [0, 0.05) is 58.8 Å². The van der Waals surface area contributed by atoms with Gasteiger partial charge in [0.15, 0.2) is 11.5 Å². The number of rotatable bonds is 5. The lowest BCUT2D eigenvalue weighted by Crippen LogP contribution is -2.51. The summed E-state index contributed by atoms with van der Waals surface area (Å²) in [5.74, 6) is 1.33. The van der Waals surface area contributed by atoms with Crippen molar-refractivity contribution in [3.8, 4) is 11.5 Å². The van der Waals surface area contributed by atoms with Gasteiger partial charge in [-0.3, -0.25) is 14.5 Å². The van der Waals surface area contributed by atoms with Gasteiger partial charge in [0.05, 0.1) is 5.92 Å². The standard InChI is InChI=1S/C19H26N4O4/c20-3-4-21-5-7-22(8-6-21)19(25)15-10-18(24)23(12-15)11-14-1-2-16-17(9-14)27-13-26-16/h1-2,9,15H,3-8,10-13,20H2. The fraction of sp³-hybridized carbons (Fsp3) is 0.579. The minimum atomic E-state index is -0.243. The summed E-state index contributed by atoms with van der Waals surface area (Å²) in [5.41, 5.74) is 6.58. The lowest BCUT2D eigenvalue weighted by Gasteiger charge is -2.35. The summed E-state index contributed by atoms with van der Waals surface area (Å²) in [7, 11) is 0. The molecule has 2 amide bonds. The maximum atomic E-state index is 12.8. The lowest BCUT2D eigenvalue weighted by molar-refractivity contribution is -0.137. The topological polar surface area (TPSA) is 88.3 Å². The van der Waals surface area contributed by atoms with Crippen molar-refractivity contribution in [3.05, 3.63) is 23.8 Å². The first kappa shape index (κ1) is 18.1. The summed E-state index contributed by atoms with van der Waals surface area (Å²) in [5, 5.41) is 0. The molecule has 0 aromatic heterocycles. The van der Waals surface area contributed by atoms with E-state index in [1.54, 1.807) is 4.90 Å². The number of nitrogens with zero attached hydrogens (tertiary/aromatic N) is 3. The monoisotopic (exact) mass is 374 g/mol. The Labute approximate surface area is 158 Å². The Morgan fingerprint density at radius 3 is 2.70 bits per heavy atom. The summed E-state index contributed by atoms with van der Waals surface area (Å²) in [6, 6.07) is 5.70. The summed E-state index contributed by atoms with van der Waals surface area (Å²) in [6.07, 6.45) is 0.298. The second-order valence-corrected chi connectivity index (χ2v) is 7.32. The first-order chi connectivity index (χ1) is 13.1. The van der Waals surface area contributed by atoms with Crippen LogP contribution >= 0.6 is 0 Å². The Hall–Kier alpha value is -2.32. The van der Waals surface area contributed by atoms with Crippen LogP contribution in [0.2, 0.25) is 0 Å². The molecule has 8 heteroatoms. The van der Waals surface area contributed by atoms with Gasteiger partial charge in [-0.1, -0.05) is 6.07 Å². The van der Waals surface area contributed by atoms with Crippen LogP contribution in [0.25, 0.3) is 0 Å². The molecule has 2 fully saturated rings. The number of hydrogen-bond donors (Lipinski definition) is 1. The van der Waals surface area contributed by atoms with Crippen LogP contribution in [0.5, 0.6) is 11.5 Å². The van der Waals surface area contributed by atoms with Crippen LogP contribution in [-0.2, 0) is 16.1 Å². The van der Waals surface area contributed by atoms with Gasteiger partial charge in [-0.05, 0) is 17.7 Å². The highest BCUT2D eigenvalue weighted by Gasteiger charge is 2.37. The molecule has 1 atom stereocenters. The molecule has 1 aromatic carbocycles. The zero-order valence-electron chi connectivity index (χ0n) is 15.4. The van der Waals surface area contributed by atoms with Crippen LogP contribution in [-0.4, -0.2) is 79.1 Å². The highest BCUT2D eigenvalue weighted by Crippen LogP contribution is 2.33. The molecule has 3 aliphatic heterocycles. The van der Waals surface area contributed by atoms with E-state index in [0.717, 1.165) is 30.9 Å². The van der Waals surface area contributed by atoms with E-state index in [2.05, 4.69) is 4.90 Å². The average Bonchev–Trinajstić information content (AvgIpc) is 3.28. The van der Waals surface area contributed by atoms with Crippen LogP contribution in [0.4, 0.5) is 0 Å². The molecular weight excluding hydrogens is 348 g/mol. The molecule has 146 valence electrons. The summed E-state index contributed by atoms with van der Waals surface area (Å²) >= 11 is 0. The number of benzene rings is 1. The van der Waals surface area contributed by atoms with Crippen LogP contribution in [0.15, 0.2) is 18.2 Å². The van der Waals surface area contributed by atoms with E-state index in [1.807, 2.05) is 23.1 Å². The van der Waals surface area contributed by atoms with Gasteiger partial charge in [-0.25, -0.2) is 0 Å². The van der Waals surface area contributed by atoms with Gasteiger partial charge in [0.2, 0.25) is 18.6 Å². The smallest absolute Gasteiger partial charge is 0.231 e. The number of amides is 2. The van der Waals surface area contributed by atoms with Gasteiger partial charge < -0.3 is 25.0 Å². The second kappa shape index (κ2) is 7.74. The predicted octanol–water partition coefficient (Wildman–Crippen LogP) is -0.133. The van der Waals surface area contributed by atoms with E-state index in [9.17, 15) is 9.59 Å². The van der Waals surface area contributed by atoms with Gasteiger partial charge in [0.1, 0.15) is 0 Å². The fourth-order valence-electron chi connectivity index (χ4n) is 3.98. The zero-order valence-corrected chi connectivity index (χ0v) is 15.4. The molecule has 2 N–H and O–H groups in total. The van der Waals surface area contributed by atoms with Crippen LogP contribution in [0.3, 0.4) is 0 Å². The van der Waals surface area contributed by atoms with Gasteiger partial charge in [0.25, 0.3) is 0 Å². The SMILES string of the molecule is NCCN1CCN(C(=O)C2CC(=O)N(Cc3ccc4c(c3)OCO4)C2)CC1. The van der Waals surface area contributed by atoms with E-state index in [-0.39, 0.29) is 24.5 Å². The Morgan fingerprint density at radius 2 is 1.93 bits per heavy atom. The Morgan fingerprint density at radius 1 is 1.15 bits per heavy atom. The molecule has 3 heterocycles. The largest absolute Gasteiger partial charge is 0.454 e. The minimum absolute atomic E-state index is 0.0350. The Kier molecular flexibility index (Phi) is 5.18. The van der Waals surface area contributed by atoms with Crippen molar-refractivity contribution in [2.45, 2.75) is 13.0 Å². The minimum Gasteiger partial charge on any atom is -0.454 e. The van der Waals surface area contributed by atoms with Crippen molar-refractivity contribution in [2.24, 2.45) is 11.7 Å². The van der Waals surface area contributed by atoms with Gasteiger partial charge in [-0.2, -0.15) is 0 Å². The molecule has 8 nitrogen and oxygen atoms in total. The molecule has 1 unspecified atom stereocenters. The highest BCUT2D eigenvalue weighted by atomic mass is 16.7. The van der Waals surface area contributed by atoms with Crippen molar-refractivity contribution in [1.82, 2.24) is 14.7 Å². The van der Waals surface area contributed by atoms with Crippen molar-refractivity contribution >= 4 is 11.8 Å². The molecule has 0 aliphatic carbocycles. The van der Waals surface area contributed by atoms with Gasteiger partial charge in [-0.15, -0.1) is 0 Å². The number of piperazine rings is 1. The zero-order chi connectivity index (χ0) is 18.8. The number of carbonyl (C=O) groups is 2. The number of nitrogens with two attached hydrogens (primary N) is 1. The normalized spacial score (nSPS) is 22.6. The van der Waals surface area contributed by atoms with E-state index in [1.165, 1.54) is 0 Å². The molecule has 0 radical (unpaired) electrons. The average molecular weight is 374 g/mol. The number of hydrogen-bond acceptors (Lipinski definition) is 6. The number of ether oxygens (including phenoxy) is 2. The molecule has 0 bridgehead atoms. The van der Waals surface area contributed by atoms with Crippen LogP contribution in [0.1, 0.15) is 12.0 Å². The summed E-state index contributed by atoms with van der Waals surface area (Å²) in [4.78, 5) is 31.2. The van der Waals surface area contributed by atoms with Crippen molar-refractivity contribution < 1.29 is 19.1 Å². The predicted molar refractivity (Wildman–Crippen MR) is 98.2 cm³/mol. The third kappa shape index (κ3) is 3.86. The molecule has 27 heavy (non-hydrogen) atoms. The van der Waals surface area contributed by atoms with Crippen LogP contribution < -0.4 is 15.2 Å². The molecule has 4 rings (SSSR count). The number of carbonyl (C=O) groups excluding carboxylic acids is 2. The van der Waals surface area contributed by atoms with E-state index >= 15 is 0 Å². The lowest BCUT2D eigenvalue weighted by atomic mass is 10.1. The quantitative estimate of drug-likeness (QED) is 0.772. The molecular formula is C19H26N4O4. The van der Waals surface area contributed by atoms with E-state index in [0.29, 0.717) is 44.9 Å². The Balaban J connectivity index is 1.33. The highest BCUT2D eigenvalue weighted by molar-refractivity contribution is 5.89. The summed E-state index contributed by atoms with van der Waals surface area (Å²) < 4.78 is 10.7. The fourth-order valence-corrected chi connectivity index (χ4v) is 3.98. The first-order valence-corrected chi connectivity index (χ1v) is 9.51. The van der Waals surface area contributed by atoms with E-state index < -0.39 is 0 Å². The van der Waals surface area contributed by atoms with Crippen molar-refractivity contribution in [3.63, 3.8) is 0 Å². The van der Waals surface area contributed by atoms with Crippen LogP contribution in [0, 0.1) is 5.92 Å². The molecule has 2 saturated heterocycles. The number of likely N-dealkylation sites (tertiary alicyclic amines) is 1. The van der Waals surface area contributed by atoms with Gasteiger partial charge >= 0.3 is 0 Å².